The molecular formula is C17H15FN4O2. The SMILES string of the molecule is OC(CNc1nccc(Oc2ccc(F)cc2)n1)c1ccncc1. The van der Waals surface area contributed by atoms with Crippen LogP contribution in [0.4, 0.5) is 10.3 Å². The summed E-state index contributed by atoms with van der Waals surface area (Å²) >= 11 is 0. The van der Waals surface area contributed by atoms with Gasteiger partial charge < -0.3 is 15.2 Å². The summed E-state index contributed by atoms with van der Waals surface area (Å²) in [5.74, 6) is 0.774. The van der Waals surface area contributed by atoms with E-state index < -0.39 is 6.10 Å². The van der Waals surface area contributed by atoms with E-state index in [4.69, 9.17) is 4.74 Å². The molecule has 0 saturated heterocycles. The van der Waals surface area contributed by atoms with Gasteiger partial charge in [0.25, 0.3) is 0 Å². The molecule has 0 fully saturated rings. The summed E-state index contributed by atoms with van der Waals surface area (Å²) in [6, 6.07) is 10.7. The Balaban J connectivity index is 1.62. The number of benzene rings is 1. The first-order chi connectivity index (χ1) is 11.7. The highest BCUT2D eigenvalue weighted by Crippen LogP contribution is 2.20. The molecule has 2 aromatic heterocycles. The molecule has 2 N–H and O–H groups in total. The standard InChI is InChI=1S/C17H15FN4O2/c18-13-1-3-14(4-2-13)24-16-7-10-20-17(22-16)21-11-15(23)12-5-8-19-9-6-12/h1-10,15,23H,11H2,(H,20,21,22). The zero-order chi connectivity index (χ0) is 16.8. The fraction of sp³-hybridized carbons (Fsp3) is 0.118. The molecule has 0 amide bonds. The van der Waals surface area contributed by atoms with Gasteiger partial charge in [0.15, 0.2) is 0 Å². The number of nitrogens with one attached hydrogen (secondary N) is 1. The molecule has 3 rings (SSSR count). The van der Waals surface area contributed by atoms with Gasteiger partial charge in [-0.25, -0.2) is 9.37 Å². The Bertz CT molecular complexity index is 784. The molecule has 6 nitrogen and oxygen atoms in total. The van der Waals surface area contributed by atoms with E-state index in [-0.39, 0.29) is 12.4 Å². The molecule has 2 heterocycles. The molecule has 1 unspecified atom stereocenters. The minimum absolute atomic E-state index is 0.240. The van der Waals surface area contributed by atoms with Crippen LogP contribution in [0, 0.1) is 5.82 Å². The molecule has 1 atom stereocenters. The summed E-state index contributed by atoms with van der Waals surface area (Å²) in [4.78, 5) is 12.2. The van der Waals surface area contributed by atoms with Crippen molar-refractivity contribution >= 4 is 5.95 Å². The van der Waals surface area contributed by atoms with Crippen LogP contribution >= 0.6 is 0 Å². The van der Waals surface area contributed by atoms with Crippen molar-refractivity contribution in [2.45, 2.75) is 6.10 Å². The maximum atomic E-state index is 12.9. The number of aliphatic hydroxyl groups excluding tert-OH is 1. The molecule has 122 valence electrons. The largest absolute Gasteiger partial charge is 0.439 e. The minimum atomic E-state index is -0.710. The first-order valence-corrected chi connectivity index (χ1v) is 7.29. The maximum Gasteiger partial charge on any atom is 0.226 e. The summed E-state index contributed by atoms with van der Waals surface area (Å²) in [6.07, 6.45) is 4.06. The van der Waals surface area contributed by atoms with Gasteiger partial charge in [0.1, 0.15) is 11.6 Å². The molecule has 7 heteroatoms. The number of ether oxygens (including phenoxy) is 1. The van der Waals surface area contributed by atoms with E-state index in [2.05, 4.69) is 20.3 Å². The van der Waals surface area contributed by atoms with Gasteiger partial charge in [0.2, 0.25) is 11.8 Å². The van der Waals surface area contributed by atoms with E-state index >= 15 is 0 Å². The zero-order valence-corrected chi connectivity index (χ0v) is 12.6. The predicted molar refractivity (Wildman–Crippen MR) is 86.2 cm³/mol. The number of anilines is 1. The van der Waals surface area contributed by atoms with Crippen molar-refractivity contribution in [1.29, 1.82) is 0 Å². The first kappa shape index (κ1) is 15.8. The van der Waals surface area contributed by atoms with E-state index in [1.807, 2.05) is 0 Å². The highest BCUT2D eigenvalue weighted by atomic mass is 19.1. The highest BCUT2D eigenvalue weighted by molar-refractivity contribution is 5.32. The third kappa shape index (κ3) is 4.23. The lowest BCUT2D eigenvalue weighted by Crippen LogP contribution is -2.14. The molecule has 1 aromatic carbocycles. The molecule has 0 spiro atoms. The van der Waals surface area contributed by atoms with E-state index in [9.17, 15) is 9.50 Å². The third-order valence-corrected chi connectivity index (χ3v) is 3.21. The molecule has 0 aliphatic rings. The van der Waals surface area contributed by atoms with Crippen molar-refractivity contribution in [3.05, 3.63) is 72.4 Å². The Labute approximate surface area is 138 Å². The van der Waals surface area contributed by atoms with Crippen molar-refractivity contribution in [2.75, 3.05) is 11.9 Å². The number of rotatable bonds is 6. The van der Waals surface area contributed by atoms with Crippen molar-refractivity contribution in [3.8, 4) is 11.6 Å². The molecule has 3 aromatic rings. The summed E-state index contributed by atoms with van der Waals surface area (Å²) in [7, 11) is 0. The number of aliphatic hydroxyl groups is 1. The van der Waals surface area contributed by atoms with Gasteiger partial charge in [-0.15, -0.1) is 0 Å². The topological polar surface area (TPSA) is 80.2 Å². The summed E-state index contributed by atoms with van der Waals surface area (Å²) < 4.78 is 18.4. The fourth-order valence-corrected chi connectivity index (χ4v) is 2.00. The zero-order valence-electron chi connectivity index (χ0n) is 12.6. The number of pyridine rings is 1. The Morgan fingerprint density at radius 1 is 1.04 bits per heavy atom. The third-order valence-electron chi connectivity index (χ3n) is 3.21. The van der Waals surface area contributed by atoms with Crippen LogP contribution in [0.1, 0.15) is 11.7 Å². The van der Waals surface area contributed by atoms with Crippen LogP contribution in [-0.4, -0.2) is 26.6 Å². The van der Waals surface area contributed by atoms with Crippen molar-refractivity contribution in [1.82, 2.24) is 15.0 Å². The van der Waals surface area contributed by atoms with Crippen LogP contribution in [-0.2, 0) is 0 Å². The predicted octanol–water partition coefficient (Wildman–Crippen LogP) is 2.95. The smallest absolute Gasteiger partial charge is 0.226 e. The van der Waals surface area contributed by atoms with Gasteiger partial charge in [-0.1, -0.05) is 0 Å². The second-order valence-electron chi connectivity index (χ2n) is 4.95. The Morgan fingerprint density at radius 3 is 2.54 bits per heavy atom. The van der Waals surface area contributed by atoms with Crippen LogP contribution in [0.2, 0.25) is 0 Å². The Kier molecular flexibility index (Phi) is 4.93. The van der Waals surface area contributed by atoms with Crippen molar-refractivity contribution in [3.63, 3.8) is 0 Å². The summed E-state index contributed by atoms with van der Waals surface area (Å²) in [5, 5.41) is 13.0. The second kappa shape index (κ2) is 7.47. The first-order valence-electron chi connectivity index (χ1n) is 7.29. The number of hydrogen-bond acceptors (Lipinski definition) is 6. The van der Waals surface area contributed by atoms with E-state index in [0.717, 1.165) is 5.56 Å². The number of nitrogens with zero attached hydrogens (tertiary/aromatic N) is 3. The van der Waals surface area contributed by atoms with Crippen LogP contribution in [0.5, 0.6) is 11.6 Å². The van der Waals surface area contributed by atoms with Gasteiger partial charge in [0, 0.05) is 31.2 Å². The normalized spacial score (nSPS) is 11.8. The monoisotopic (exact) mass is 326 g/mol. The lowest BCUT2D eigenvalue weighted by molar-refractivity contribution is 0.191. The van der Waals surface area contributed by atoms with Gasteiger partial charge in [-0.3, -0.25) is 4.98 Å². The van der Waals surface area contributed by atoms with Crippen LogP contribution < -0.4 is 10.1 Å². The van der Waals surface area contributed by atoms with Crippen LogP contribution in [0.25, 0.3) is 0 Å². The van der Waals surface area contributed by atoms with Crippen LogP contribution in [0.3, 0.4) is 0 Å². The molecule has 0 aliphatic carbocycles. The number of aromatic nitrogens is 3. The average molecular weight is 326 g/mol. The highest BCUT2D eigenvalue weighted by Gasteiger charge is 2.08. The molecule has 0 saturated carbocycles. The molecule has 0 bridgehead atoms. The van der Waals surface area contributed by atoms with Crippen molar-refractivity contribution in [2.24, 2.45) is 0 Å². The van der Waals surface area contributed by atoms with Gasteiger partial charge >= 0.3 is 0 Å². The molecule has 0 aliphatic heterocycles. The maximum absolute atomic E-state index is 12.9. The van der Waals surface area contributed by atoms with E-state index in [1.54, 1.807) is 30.6 Å². The average Bonchev–Trinajstić information content (AvgIpc) is 2.63. The number of hydrogen-bond donors (Lipinski definition) is 2. The molecule has 24 heavy (non-hydrogen) atoms. The van der Waals surface area contributed by atoms with E-state index in [0.29, 0.717) is 17.6 Å². The fourth-order valence-electron chi connectivity index (χ4n) is 2.00. The van der Waals surface area contributed by atoms with Gasteiger partial charge in [-0.2, -0.15) is 4.98 Å². The lowest BCUT2D eigenvalue weighted by Gasteiger charge is -2.12. The Morgan fingerprint density at radius 2 is 1.79 bits per heavy atom. The van der Waals surface area contributed by atoms with Crippen LogP contribution in [0.15, 0.2) is 61.1 Å². The lowest BCUT2D eigenvalue weighted by atomic mass is 10.1. The summed E-state index contributed by atoms with van der Waals surface area (Å²) in [5.41, 5.74) is 0.746. The van der Waals surface area contributed by atoms with Gasteiger partial charge in [-0.05, 0) is 42.0 Å². The van der Waals surface area contributed by atoms with E-state index in [1.165, 1.54) is 30.5 Å². The molecular weight excluding hydrogens is 311 g/mol. The molecule has 0 radical (unpaired) electrons. The quantitative estimate of drug-likeness (QED) is 0.725. The summed E-state index contributed by atoms with van der Waals surface area (Å²) in [6.45, 7) is 0.240. The number of halogens is 1. The minimum Gasteiger partial charge on any atom is -0.439 e. The van der Waals surface area contributed by atoms with Gasteiger partial charge in [0.05, 0.1) is 6.10 Å². The van der Waals surface area contributed by atoms with Crippen molar-refractivity contribution < 1.29 is 14.2 Å². The second-order valence-corrected chi connectivity index (χ2v) is 4.95. The Hall–Kier alpha value is -3.06.